The molecule has 0 aliphatic heterocycles. The van der Waals surface area contributed by atoms with Crippen molar-refractivity contribution in [3.63, 3.8) is 0 Å². The third kappa shape index (κ3) is 12.4. The Kier molecular flexibility index (Phi) is 15.1. The highest BCUT2D eigenvalue weighted by Gasteiger charge is 2.12. The molecule has 0 aliphatic rings. The summed E-state index contributed by atoms with van der Waals surface area (Å²) in [7, 11) is 0. The standard InChI is InChI=1S/C36H48N2O4/c1-3-5-7-9-11-13-26-41-33-22-18-31(19-23-33)37-35(39)29-16-15-17-30(28-29)36(40)38-32-20-24-34(25-21-32)42-27-14-12-10-8-6-4-2/h15-25,28H,3-14,26-27H2,1-2H3,(H,37,39)(H,38,40). The van der Waals surface area contributed by atoms with Crippen molar-refractivity contribution in [3.8, 4) is 11.5 Å². The van der Waals surface area contributed by atoms with Gasteiger partial charge in [0.15, 0.2) is 0 Å². The van der Waals surface area contributed by atoms with E-state index in [2.05, 4.69) is 24.5 Å². The highest BCUT2D eigenvalue weighted by atomic mass is 16.5. The van der Waals surface area contributed by atoms with Crippen molar-refractivity contribution < 1.29 is 19.1 Å². The number of amides is 2. The molecule has 42 heavy (non-hydrogen) atoms. The Morgan fingerprint density at radius 2 is 0.905 bits per heavy atom. The van der Waals surface area contributed by atoms with Crippen LogP contribution in [0.2, 0.25) is 0 Å². The van der Waals surface area contributed by atoms with Gasteiger partial charge in [0, 0.05) is 22.5 Å². The maximum atomic E-state index is 12.9. The first-order chi connectivity index (χ1) is 20.6. The van der Waals surface area contributed by atoms with E-state index in [0.717, 1.165) is 24.3 Å². The quantitative estimate of drug-likeness (QED) is 0.132. The molecule has 2 N–H and O–H groups in total. The van der Waals surface area contributed by atoms with Crippen molar-refractivity contribution in [1.82, 2.24) is 0 Å². The number of carbonyl (C=O) groups excluding carboxylic acids is 2. The Hall–Kier alpha value is -3.80. The van der Waals surface area contributed by atoms with Gasteiger partial charge in [0.25, 0.3) is 11.8 Å². The van der Waals surface area contributed by atoms with Gasteiger partial charge in [0.1, 0.15) is 11.5 Å². The first-order valence-corrected chi connectivity index (χ1v) is 15.8. The van der Waals surface area contributed by atoms with Crippen LogP contribution in [-0.2, 0) is 0 Å². The van der Waals surface area contributed by atoms with Crippen LogP contribution in [0.3, 0.4) is 0 Å². The van der Waals surface area contributed by atoms with Crippen molar-refractivity contribution in [3.05, 3.63) is 83.9 Å². The molecule has 3 rings (SSSR count). The third-order valence-electron chi connectivity index (χ3n) is 7.14. The fraction of sp³-hybridized carbons (Fsp3) is 0.444. The van der Waals surface area contributed by atoms with E-state index in [0.29, 0.717) is 35.7 Å². The van der Waals surface area contributed by atoms with Crippen LogP contribution in [0.15, 0.2) is 72.8 Å². The molecule has 0 bridgehead atoms. The molecular weight excluding hydrogens is 524 g/mol. The summed E-state index contributed by atoms with van der Waals surface area (Å²) >= 11 is 0. The van der Waals surface area contributed by atoms with Gasteiger partial charge in [-0.05, 0) is 79.6 Å². The Bertz CT molecular complexity index is 1100. The summed E-state index contributed by atoms with van der Waals surface area (Å²) in [5.74, 6) is 1.02. The second-order valence-electron chi connectivity index (χ2n) is 10.8. The number of ether oxygens (including phenoxy) is 2. The van der Waals surface area contributed by atoms with E-state index in [1.54, 1.807) is 24.3 Å². The minimum atomic E-state index is -0.280. The monoisotopic (exact) mass is 572 g/mol. The summed E-state index contributed by atoms with van der Waals surface area (Å²) in [5, 5.41) is 5.79. The van der Waals surface area contributed by atoms with Crippen molar-refractivity contribution >= 4 is 23.2 Å². The Labute approximate surface area is 252 Å². The van der Waals surface area contributed by atoms with E-state index < -0.39 is 0 Å². The van der Waals surface area contributed by atoms with Gasteiger partial charge in [0.05, 0.1) is 13.2 Å². The summed E-state index contributed by atoms with van der Waals surface area (Å²) in [4.78, 5) is 25.7. The van der Waals surface area contributed by atoms with Crippen molar-refractivity contribution in [2.75, 3.05) is 23.8 Å². The number of unbranched alkanes of at least 4 members (excludes halogenated alkanes) is 10. The minimum Gasteiger partial charge on any atom is -0.494 e. The highest BCUT2D eigenvalue weighted by Crippen LogP contribution is 2.20. The number of carbonyl (C=O) groups is 2. The molecule has 0 aromatic heterocycles. The summed E-state index contributed by atoms with van der Waals surface area (Å²) in [5.41, 5.74) is 2.15. The van der Waals surface area contributed by atoms with Crippen LogP contribution < -0.4 is 20.1 Å². The lowest BCUT2D eigenvalue weighted by molar-refractivity contribution is 0.102. The van der Waals surface area contributed by atoms with Gasteiger partial charge >= 0.3 is 0 Å². The molecule has 3 aromatic rings. The first-order valence-electron chi connectivity index (χ1n) is 15.8. The molecule has 0 unspecified atom stereocenters. The van der Waals surface area contributed by atoms with Crippen LogP contribution >= 0.6 is 0 Å². The molecule has 6 heteroatoms. The molecule has 0 saturated carbocycles. The molecule has 0 fully saturated rings. The lowest BCUT2D eigenvalue weighted by Gasteiger charge is -2.10. The maximum Gasteiger partial charge on any atom is 0.255 e. The minimum absolute atomic E-state index is 0.280. The summed E-state index contributed by atoms with van der Waals surface area (Å²) in [6.45, 7) is 5.84. The number of anilines is 2. The fourth-order valence-corrected chi connectivity index (χ4v) is 4.62. The maximum absolute atomic E-state index is 12.9. The summed E-state index contributed by atoms with van der Waals surface area (Å²) in [6.07, 6.45) is 14.7. The van der Waals surface area contributed by atoms with Gasteiger partial charge in [-0.3, -0.25) is 9.59 Å². The average Bonchev–Trinajstić information content (AvgIpc) is 3.02. The Balaban J connectivity index is 1.42. The number of rotatable bonds is 20. The van der Waals surface area contributed by atoms with Crippen LogP contribution in [-0.4, -0.2) is 25.0 Å². The SMILES string of the molecule is CCCCCCCCOc1ccc(NC(=O)c2cccc(C(=O)Nc3ccc(OCCCCCCCC)cc3)c2)cc1. The van der Waals surface area contributed by atoms with Crippen LogP contribution in [0, 0.1) is 0 Å². The number of nitrogens with one attached hydrogen (secondary N) is 2. The number of benzene rings is 3. The molecular formula is C36H48N2O4. The zero-order chi connectivity index (χ0) is 29.8. The van der Waals surface area contributed by atoms with Crippen LogP contribution in [0.4, 0.5) is 11.4 Å². The second-order valence-corrected chi connectivity index (χ2v) is 10.8. The topological polar surface area (TPSA) is 76.7 Å². The predicted octanol–water partition coefficient (Wildman–Crippen LogP) is 9.67. The van der Waals surface area contributed by atoms with Gasteiger partial charge in [-0.2, -0.15) is 0 Å². The van der Waals surface area contributed by atoms with E-state index in [1.165, 1.54) is 64.2 Å². The van der Waals surface area contributed by atoms with Gasteiger partial charge in [-0.25, -0.2) is 0 Å². The molecule has 6 nitrogen and oxygen atoms in total. The van der Waals surface area contributed by atoms with Crippen LogP contribution in [0.5, 0.6) is 11.5 Å². The predicted molar refractivity (Wildman–Crippen MR) is 173 cm³/mol. The molecule has 0 atom stereocenters. The van der Waals surface area contributed by atoms with Gasteiger partial charge < -0.3 is 20.1 Å². The molecule has 0 saturated heterocycles. The number of hydrogen-bond donors (Lipinski definition) is 2. The molecule has 0 heterocycles. The molecule has 0 aliphatic carbocycles. The van der Waals surface area contributed by atoms with Gasteiger partial charge in [-0.15, -0.1) is 0 Å². The number of hydrogen-bond acceptors (Lipinski definition) is 4. The fourth-order valence-electron chi connectivity index (χ4n) is 4.62. The lowest BCUT2D eigenvalue weighted by atomic mass is 10.1. The van der Waals surface area contributed by atoms with Gasteiger partial charge in [0.2, 0.25) is 0 Å². The molecule has 2 amide bonds. The van der Waals surface area contributed by atoms with E-state index in [9.17, 15) is 9.59 Å². The smallest absolute Gasteiger partial charge is 0.255 e. The largest absolute Gasteiger partial charge is 0.494 e. The van der Waals surface area contributed by atoms with E-state index in [1.807, 2.05) is 48.5 Å². The van der Waals surface area contributed by atoms with Crippen molar-refractivity contribution in [2.45, 2.75) is 90.9 Å². The normalized spacial score (nSPS) is 10.7. The van der Waals surface area contributed by atoms with Crippen molar-refractivity contribution in [1.29, 1.82) is 0 Å². The Morgan fingerprint density at radius 3 is 1.31 bits per heavy atom. The van der Waals surface area contributed by atoms with Crippen molar-refractivity contribution in [2.24, 2.45) is 0 Å². The zero-order valence-electron chi connectivity index (χ0n) is 25.5. The summed E-state index contributed by atoms with van der Waals surface area (Å²) in [6, 6.07) is 21.4. The molecule has 0 spiro atoms. The van der Waals surface area contributed by atoms with E-state index in [4.69, 9.17) is 9.47 Å². The first kappa shape index (κ1) is 32.7. The lowest BCUT2D eigenvalue weighted by Crippen LogP contribution is -2.15. The van der Waals surface area contributed by atoms with Gasteiger partial charge in [-0.1, -0.05) is 84.1 Å². The molecule has 0 radical (unpaired) electrons. The highest BCUT2D eigenvalue weighted by molar-refractivity contribution is 6.08. The zero-order valence-corrected chi connectivity index (χ0v) is 25.5. The molecule has 3 aromatic carbocycles. The van der Waals surface area contributed by atoms with E-state index >= 15 is 0 Å². The average molecular weight is 573 g/mol. The Morgan fingerprint density at radius 1 is 0.524 bits per heavy atom. The van der Waals surface area contributed by atoms with E-state index in [-0.39, 0.29) is 11.8 Å². The van der Waals surface area contributed by atoms with Crippen LogP contribution in [0.25, 0.3) is 0 Å². The third-order valence-corrected chi connectivity index (χ3v) is 7.14. The molecule has 226 valence electrons. The summed E-state index contributed by atoms with van der Waals surface area (Å²) < 4.78 is 11.7. The van der Waals surface area contributed by atoms with Crippen LogP contribution in [0.1, 0.15) is 112 Å². The second kappa shape index (κ2) is 19.3.